The largest absolute Gasteiger partial charge is 0.338 e. The minimum absolute atomic E-state index is 0.317. The summed E-state index contributed by atoms with van der Waals surface area (Å²) < 4.78 is 39.0. The Bertz CT molecular complexity index is 1350. The molecule has 0 radical (unpaired) electrons. The van der Waals surface area contributed by atoms with Crippen molar-refractivity contribution in [3.63, 3.8) is 0 Å². The molecule has 0 saturated carbocycles. The van der Waals surface area contributed by atoms with E-state index < -0.39 is 15.8 Å². The van der Waals surface area contributed by atoms with E-state index in [1.807, 2.05) is 0 Å². The summed E-state index contributed by atoms with van der Waals surface area (Å²) in [6.45, 7) is 3.59. The predicted molar refractivity (Wildman–Crippen MR) is 141 cm³/mol. The number of hydrogen-bond acceptors (Lipinski definition) is 8. The van der Waals surface area contributed by atoms with Crippen LogP contribution in [0.25, 0.3) is 10.3 Å². The van der Waals surface area contributed by atoms with Crippen LogP contribution in [0, 0.1) is 5.82 Å². The third-order valence-corrected chi connectivity index (χ3v) is 8.23. The molecule has 0 spiro atoms. The molecule has 1 aliphatic heterocycles. The van der Waals surface area contributed by atoms with Crippen molar-refractivity contribution in [1.82, 2.24) is 24.5 Å². The van der Waals surface area contributed by atoms with Gasteiger partial charge in [-0.15, -0.1) is 0 Å². The number of nitrogens with one attached hydrogen (secondary N) is 2. The molecule has 10 nitrogen and oxygen atoms in total. The average molecular weight is 556 g/mol. The molecule has 3 aromatic rings. The molecule has 1 fully saturated rings. The highest BCUT2D eigenvalue weighted by Gasteiger charge is 2.23. The summed E-state index contributed by atoms with van der Waals surface area (Å²) in [5.74, 6) is 0.0761. The number of aromatic nitrogens is 2. The van der Waals surface area contributed by atoms with Crippen LogP contribution in [0.4, 0.5) is 25.8 Å². The molecule has 1 saturated heterocycles. The van der Waals surface area contributed by atoms with Crippen molar-refractivity contribution in [1.29, 1.82) is 0 Å². The van der Waals surface area contributed by atoms with Gasteiger partial charge in [-0.2, -0.15) is 4.31 Å². The summed E-state index contributed by atoms with van der Waals surface area (Å²) in [6, 6.07) is 7.58. The second-order valence-corrected chi connectivity index (χ2v) is 11.8. The summed E-state index contributed by atoms with van der Waals surface area (Å²) in [6.07, 6.45) is 1.97. The van der Waals surface area contributed by atoms with Crippen molar-refractivity contribution in [2.75, 3.05) is 62.8 Å². The molecule has 0 bridgehead atoms. The third-order valence-electron chi connectivity index (χ3n) is 5.81. The predicted octanol–water partition coefficient (Wildman–Crippen LogP) is 3.34. The van der Waals surface area contributed by atoms with Gasteiger partial charge < -0.3 is 15.1 Å². The van der Waals surface area contributed by atoms with Gasteiger partial charge in [-0.3, -0.25) is 5.32 Å². The van der Waals surface area contributed by atoms with Gasteiger partial charge in [-0.25, -0.2) is 27.6 Å². The van der Waals surface area contributed by atoms with Crippen LogP contribution in [0.2, 0.25) is 5.02 Å². The van der Waals surface area contributed by atoms with Gasteiger partial charge in [0.25, 0.3) is 0 Å². The van der Waals surface area contributed by atoms with E-state index in [4.69, 9.17) is 11.6 Å². The zero-order chi connectivity index (χ0) is 25.9. The van der Waals surface area contributed by atoms with Gasteiger partial charge in [-0.05, 0) is 43.3 Å². The van der Waals surface area contributed by atoms with Crippen molar-refractivity contribution < 1.29 is 17.6 Å². The molecule has 36 heavy (non-hydrogen) atoms. The lowest BCUT2D eigenvalue weighted by Crippen LogP contribution is -2.48. The fraction of sp³-hybridized carbons (Fsp3) is 0.409. The molecule has 14 heteroatoms. The summed E-state index contributed by atoms with van der Waals surface area (Å²) in [7, 11) is -1.43. The molecular formula is C22H27ClFN7O3S2. The first-order chi connectivity index (χ1) is 17.1. The van der Waals surface area contributed by atoms with Gasteiger partial charge >= 0.3 is 6.03 Å². The Morgan fingerprint density at radius 1 is 1.19 bits per heavy atom. The van der Waals surface area contributed by atoms with Crippen molar-refractivity contribution >= 4 is 66.0 Å². The van der Waals surface area contributed by atoms with E-state index >= 15 is 0 Å². The maximum Gasteiger partial charge on any atom is 0.321 e. The molecule has 2 amide bonds. The smallest absolute Gasteiger partial charge is 0.321 e. The molecule has 2 aromatic heterocycles. The molecule has 1 aliphatic rings. The van der Waals surface area contributed by atoms with Gasteiger partial charge in [0.15, 0.2) is 5.13 Å². The van der Waals surface area contributed by atoms with Gasteiger partial charge in [0.05, 0.1) is 11.9 Å². The van der Waals surface area contributed by atoms with E-state index in [0.717, 1.165) is 13.0 Å². The number of rotatable bonds is 8. The Morgan fingerprint density at radius 2 is 1.94 bits per heavy atom. The monoisotopic (exact) mass is 555 g/mol. The highest BCUT2D eigenvalue weighted by molar-refractivity contribution is 7.88. The van der Waals surface area contributed by atoms with Crippen LogP contribution in [-0.2, 0) is 10.0 Å². The van der Waals surface area contributed by atoms with E-state index in [0.29, 0.717) is 64.7 Å². The Morgan fingerprint density at radius 3 is 2.64 bits per heavy atom. The Labute approximate surface area is 218 Å². The summed E-state index contributed by atoms with van der Waals surface area (Å²) in [5.41, 5.74) is 0.961. The fourth-order valence-electron chi connectivity index (χ4n) is 3.85. The van der Waals surface area contributed by atoms with Crippen LogP contribution in [0.1, 0.15) is 6.42 Å². The molecular weight excluding hydrogens is 529 g/mol. The lowest BCUT2D eigenvalue weighted by molar-refractivity contribution is 0.187. The molecule has 1 aromatic carbocycles. The van der Waals surface area contributed by atoms with Crippen molar-refractivity contribution in [2.24, 2.45) is 0 Å². The van der Waals surface area contributed by atoms with E-state index in [-0.39, 0.29) is 6.03 Å². The van der Waals surface area contributed by atoms with Gasteiger partial charge in [-0.1, -0.05) is 22.9 Å². The number of hydrogen-bond donors (Lipinski definition) is 2. The normalized spacial score (nSPS) is 15.2. The molecule has 194 valence electrons. The molecule has 0 atom stereocenters. The first kappa shape index (κ1) is 26.5. The number of thiazole rings is 1. The summed E-state index contributed by atoms with van der Waals surface area (Å²) in [4.78, 5) is 25.7. The van der Waals surface area contributed by atoms with Crippen LogP contribution in [0.15, 0.2) is 30.3 Å². The number of pyridine rings is 1. The lowest BCUT2D eigenvalue weighted by Gasteiger charge is -2.33. The van der Waals surface area contributed by atoms with E-state index in [1.165, 1.54) is 28.0 Å². The first-order valence-electron chi connectivity index (χ1n) is 11.3. The first-order valence-corrected chi connectivity index (χ1v) is 14.3. The Hall–Kier alpha value is -2.58. The van der Waals surface area contributed by atoms with Crippen molar-refractivity contribution in [2.45, 2.75) is 6.42 Å². The summed E-state index contributed by atoms with van der Waals surface area (Å²) in [5, 5.41) is 6.27. The quantitative estimate of drug-likeness (QED) is 0.410. The maximum absolute atomic E-state index is 14.3. The van der Waals surface area contributed by atoms with Crippen LogP contribution in [0.5, 0.6) is 0 Å². The minimum Gasteiger partial charge on any atom is -0.338 e. The Balaban J connectivity index is 1.26. The number of sulfonamides is 1. The molecule has 4 rings (SSSR count). The third kappa shape index (κ3) is 6.59. The minimum atomic E-state index is -3.14. The van der Waals surface area contributed by atoms with E-state index in [2.05, 4.69) is 25.5 Å². The molecule has 2 N–H and O–H groups in total. The molecule has 0 unspecified atom stereocenters. The number of halogens is 2. The number of carbonyl (C=O) groups excluding carboxylic acids is 1. The van der Waals surface area contributed by atoms with E-state index in [1.54, 1.807) is 36.2 Å². The molecule has 0 aliphatic carbocycles. The van der Waals surface area contributed by atoms with E-state index in [9.17, 15) is 17.6 Å². The van der Waals surface area contributed by atoms with Gasteiger partial charge in [0.2, 0.25) is 10.0 Å². The van der Waals surface area contributed by atoms with Crippen molar-refractivity contribution in [3.05, 3.63) is 41.2 Å². The number of carbonyl (C=O) groups is 1. The summed E-state index contributed by atoms with van der Waals surface area (Å²) >= 11 is 7.07. The number of fused-ring (bicyclic) bond motifs is 1. The maximum atomic E-state index is 14.3. The number of piperazine rings is 1. The standard InChI is InChI=1S/C22H27ClFN7O3S2/c1-29(18-6-4-15(23)14-16(18)24)19-7-5-17-20(27-19)35-22(26-17)28-21(32)25-8-3-9-30-10-12-31(13-11-30)36(2,33)34/h4-7,14H,3,8-13H2,1-2H3,(H2,25,26,28,32). The average Bonchev–Trinajstić information content (AvgIpc) is 3.22. The topological polar surface area (TPSA) is 111 Å². The van der Waals surface area contributed by atoms with Crippen LogP contribution < -0.4 is 15.5 Å². The number of amides is 2. The number of benzene rings is 1. The second-order valence-electron chi connectivity index (χ2n) is 8.41. The number of anilines is 3. The second kappa shape index (κ2) is 11.2. The fourth-order valence-corrected chi connectivity index (χ4v) is 5.67. The highest BCUT2D eigenvalue weighted by Crippen LogP contribution is 2.30. The molecule has 3 heterocycles. The van der Waals surface area contributed by atoms with Gasteiger partial charge in [0.1, 0.15) is 22.0 Å². The number of urea groups is 1. The van der Waals surface area contributed by atoms with Gasteiger partial charge in [0, 0.05) is 44.8 Å². The highest BCUT2D eigenvalue weighted by atomic mass is 35.5. The zero-order valence-corrected chi connectivity index (χ0v) is 22.3. The van der Waals surface area contributed by atoms with Crippen molar-refractivity contribution in [3.8, 4) is 0 Å². The lowest BCUT2D eigenvalue weighted by atomic mass is 10.2. The zero-order valence-electron chi connectivity index (χ0n) is 19.9. The van der Waals surface area contributed by atoms with Crippen LogP contribution in [0.3, 0.4) is 0 Å². The number of nitrogens with zero attached hydrogens (tertiary/aromatic N) is 5. The SMILES string of the molecule is CN(c1ccc2nc(NC(=O)NCCCN3CCN(S(C)(=O)=O)CC3)sc2n1)c1ccc(Cl)cc1F. The Kier molecular flexibility index (Phi) is 8.25. The van der Waals surface area contributed by atoms with Crippen LogP contribution in [-0.4, -0.2) is 86.2 Å². The van der Waals surface area contributed by atoms with Crippen LogP contribution >= 0.6 is 22.9 Å².